The Morgan fingerprint density at radius 3 is 2.19 bits per heavy atom. The van der Waals surface area contributed by atoms with E-state index < -0.39 is 10.0 Å². The zero-order valence-electron chi connectivity index (χ0n) is 17.9. The van der Waals surface area contributed by atoms with Crippen molar-refractivity contribution in [2.24, 2.45) is 0 Å². The number of aromatic nitrogens is 2. The van der Waals surface area contributed by atoms with E-state index >= 15 is 0 Å². The van der Waals surface area contributed by atoms with Gasteiger partial charge in [-0.3, -0.25) is 4.79 Å². The average Bonchev–Trinajstić information content (AvgIpc) is 3.17. The number of carbonyl (C=O) groups is 1. The molecule has 1 amide bonds. The molecule has 7 nitrogen and oxygen atoms in total. The normalized spacial score (nSPS) is 15.3. The summed E-state index contributed by atoms with van der Waals surface area (Å²) in [4.78, 5) is 15.0. The van der Waals surface area contributed by atoms with Gasteiger partial charge in [0.1, 0.15) is 0 Å². The molecule has 2 aromatic carbocycles. The minimum Gasteiger partial charge on any atom is -0.335 e. The number of rotatable bonds is 4. The Morgan fingerprint density at radius 2 is 1.55 bits per heavy atom. The van der Waals surface area contributed by atoms with Crippen LogP contribution in [0.5, 0.6) is 0 Å². The Balaban J connectivity index is 1.46. The van der Waals surface area contributed by atoms with Gasteiger partial charge in [0.05, 0.1) is 10.6 Å². The second-order valence-electron chi connectivity index (χ2n) is 7.86. The van der Waals surface area contributed by atoms with Crippen LogP contribution in [0.4, 0.5) is 0 Å². The van der Waals surface area contributed by atoms with Gasteiger partial charge in [0.2, 0.25) is 10.0 Å². The minimum absolute atomic E-state index is 0.180. The van der Waals surface area contributed by atoms with Crippen molar-refractivity contribution >= 4 is 15.9 Å². The lowest BCUT2D eigenvalue weighted by Gasteiger charge is -2.33. The molecule has 1 aromatic heterocycles. The number of hydrogen-bond acceptors (Lipinski definition) is 4. The number of amides is 1. The zero-order chi connectivity index (χ0) is 22.2. The molecule has 8 heteroatoms. The molecule has 0 atom stereocenters. The smallest absolute Gasteiger partial charge is 0.274 e. The first-order chi connectivity index (χ1) is 14.8. The van der Waals surface area contributed by atoms with E-state index in [9.17, 15) is 13.2 Å². The molecular formula is C23H26N4O3S. The van der Waals surface area contributed by atoms with Gasteiger partial charge < -0.3 is 4.90 Å². The van der Waals surface area contributed by atoms with Gasteiger partial charge in [-0.25, -0.2) is 13.1 Å². The van der Waals surface area contributed by atoms with Crippen LogP contribution in [0.25, 0.3) is 5.69 Å². The molecule has 0 radical (unpaired) electrons. The molecule has 0 aliphatic carbocycles. The molecule has 2 heterocycles. The van der Waals surface area contributed by atoms with Gasteiger partial charge in [-0.05, 0) is 62.2 Å². The molecule has 1 aliphatic rings. The third-order valence-corrected chi connectivity index (χ3v) is 7.64. The van der Waals surface area contributed by atoms with Gasteiger partial charge in [0, 0.05) is 31.9 Å². The lowest BCUT2D eigenvalue weighted by molar-refractivity contribution is 0.0691. The van der Waals surface area contributed by atoms with Crippen molar-refractivity contribution in [3.8, 4) is 5.69 Å². The summed E-state index contributed by atoms with van der Waals surface area (Å²) in [6.45, 7) is 6.96. The molecule has 0 unspecified atom stereocenters. The fourth-order valence-electron chi connectivity index (χ4n) is 3.73. The monoisotopic (exact) mass is 438 g/mol. The Morgan fingerprint density at radius 1 is 0.871 bits per heavy atom. The van der Waals surface area contributed by atoms with E-state index in [-0.39, 0.29) is 19.0 Å². The molecule has 0 bridgehead atoms. The van der Waals surface area contributed by atoms with Gasteiger partial charge in [-0.15, -0.1) is 0 Å². The van der Waals surface area contributed by atoms with Crippen molar-refractivity contribution in [1.82, 2.24) is 19.0 Å². The number of piperazine rings is 1. The van der Waals surface area contributed by atoms with Crippen molar-refractivity contribution in [3.63, 3.8) is 0 Å². The van der Waals surface area contributed by atoms with Crippen molar-refractivity contribution < 1.29 is 13.2 Å². The topological polar surface area (TPSA) is 75.5 Å². The summed E-state index contributed by atoms with van der Waals surface area (Å²) in [5.41, 5.74) is 4.12. The van der Waals surface area contributed by atoms with Gasteiger partial charge in [0.25, 0.3) is 5.91 Å². The molecule has 1 aliphatic heterocycles. The van der Waals surface area contributed by atoms with E-state index in [1.165, 1.54) is 4.31 Å². The third-order valence-electron chi connectivity index (χ3n) is 5.75. The molecular weight excluding hydrogens is 412 g/mol. The molecule has 0 saturated carbocycles. The van der Waals surface area contributed by atoms with Gasteiger partial charge in [-0.1, -0.05) is 24.3 Å². The van der Waals surface area contributed by atoms with Crippen LogP contribution in [0.3, 0.4) is 0 Å². The van der Waals surface area contributed by atoms with Crippen molar-refractivity contribution in [3.05, 3.63) is 77.1 Å². The van der Waals surface area contributed by atoms with Crippen LogP contribution in [0.2, 0.25) is 0 Å². The average molecular weight is 439 g/mol. The summed E-state index contributed by atoms with van der Waals surface area (Å²) < 4.78 is 29.2. The van der Waals surface area contributed by atoms with Gasteiger partial charge >= 0.3 is 0 Å². The number of hydrogen-bond donors (Lipinski definition) is 0. The van der Waals surface area contributed by atoms with E-state index in [4.69, 9.17) is 0 Å². The summed E-state index contributed by atoms with van der Waals surface area (Å²) >= 11 is 0. The maximum Gasteiger partial charge on any atom is 0.274 e. The van der Waals surface area contributed by atoms with Crippen LogP contribution >= 0.6 is 0 Å². The number of para-hydroxylation sites is 1. The molecule has 0 N–H and O–H groups in total. The van der Waals surface area contributed by atoms with Crippen LogP contribution in [0, 0.1) is 20.8 Å². The van der Waals surface area contributed by atoms with Crippen LogP contribution in [0.1, 0.15) is 27.3 Å². The van der Waals surface area contributed by atoms with E-state index in [1.54, 1.807) is 27.8 Å². The fraction of sp³-hybridized carbons (Fsp3) is 0.304. The molecule has 162 valence electrons. The molecule has 1 saturated heterocycles. The molecule has 3 aromatic rings. The van der Waals surface area contributed by atoms with E-state index in [0.717, 1.165) is 22.5 Å². The number of benzene rings is 2. The highest BCUT2D eigenvalue weighted by Crippen LogP contribution is 2.21. The standard InChI is InChI=1S/C23H26N4O3S/c1-17-9-10-21(15-18(17)2)31(29,30)26-13-11-25(12-14-26)23(28)22-16-19(3)27(24-22)20-7-5-4-6-8-20/h4-10,15-16H,11-14H2,1-3H3. The second-order valence-corrected chi connectivity index (χ2v) is 9.80. The Bertz CT molecular complexity index is 1210. The quantitative estimate of drug-likeness (QED) is 0.628. The summed E-state index contributed by atoms with van der Waals surface area (Å²) in [5, 5.41) is 4.48. The highest BCUT2D eigenvalue weighted by atomic mass is 32.2. The second kappa shape index (κ2) is 8.28. The predicted octanol–water partition coefficient (Wildman–Crippen LogP) is 2.94. The largest absolute Gasteiger partial charge is 0.335 e. The first kappa shape index (κ1) is 21.3. The number of sulfonamides is 1. The Hall–Kier alpha value is -2.97. The Labute approximate surface area is 183 Å². The number of nitrogens with zero attached hydrogens (tertiary/aromatic N) is 4. The fourth-order valence-corrected chi connectivity index (χ4v) is 5.23. The van der Waals surface area contributed by atoms with Crippen LogP contribution in [0.15, 0.2) is 59.5 Å². The van der Waals surface area contributed by atoms with Crippen molar-refractivity contribution in [1.29, 1.82) is 0 Å². The summed E-state index contributed by atoms with van der Waals surface area (Å²) in [6, 6.07) is 16.6. The minimum atomic E-state index is -3.58. The van der Waals surface area contributed by atoms with E-state index in [2.05, 4.69) is 5.10 Å². The SMILES string of the molecule is Cc1ccc(S(=O)(=O)N2CCN(C(=O)c3cc(C)n(-c4ccccc4)n3)CC2)cc1C. The highest BCUT2D eigenvalue weighted by molar-refractivity contribution is 7.89. The van der Waals surface area contributed by atoms with E-state index in [1.807, 2.05) is 57.2 Å². The maximum atomic E-state index is 13.0. The van der Waals surface area contributed by atoms with Gasteiger partial charge in [0.15, 0.2) is 5.69 Å². The summed E-state index contributed by atoms with van der Waals surface area (Å²) in [6.07, 6.45) is 0. The Kier molecular flexibility index (Phi) is 5.68. The number of carbonyl (C=O) groups excluding carboxylic acids is 1. The molecule has 4 rings (SSSR count). The maximum absolute atomic E-state index is 13.0. The summed E-state index contributed by atoms with van der Waals surface area (Å²) in [7, 11) is -3.58. The molecule has 0 spiro atoms. The van der Waals surface area contributed by atoms with E-state index in [0.29, 0.717) is 23.7 Å². The highest BCUT2D eigenvalue weighted by Gasteiger charge is 2.31. The number of aryl methyl sites for hydroxylation is 3. The first-order valence-electron chi connectivity index (χ1n) is 10.3. The predicted molar refractivity (Wildman–Crippen MR) is 119 cm³/mol. The lowest BCUT2D eigenvalue weighted by atomic mass is 10.1. The van der Waals surface area contributed by atoms with Gasteiger partial charge in [-0.2, -0.15) is 9.40 Å². The van der Waals surface area contributed by atoms with Crippen LogP contribution < -0.4 is 0 Å². The first-order valence-corrected chi connectivity index (χ1v) is 11.7. The van der Waals surface area contributed by atoms with Crippen LogP contribution in [-0.4, -0.2) is 59.5 Å². The zero-order valence-corrected chi connectivity index (χ0v) is 18.8. The summed E-state index contributed by atoms with van der Waals surface area (Å²) in [5.74, 6) is -0.180. The molecule has 1 fully saturated rings. The third kappa shape index (κ3) is 4.13. The van der Waals surface area contributed by atoms with Crippen molar-refractivity contribution in [2.45, 2.75) is 25.7 Å². The molecule has 31 heavy (non-hydrogen) atoms. The lowest BCUT2D eigenvalue weighted by Crippen LogP contribution is -2.50. The van der Waals surface area contributed by atoms with Crippen molar-refractivity contribution in [2.75, 3.05) is 26.2 Å². The van der Waals surface area contributed by atoms with Crippen LogP contribution in [-0.2, 0) is 10.0 Å².